The Morgan fingerprint density at radius 1 is 1.33 bits per heavy atom. The van der Waals surface area contributed by atoms with Crippen molar-refractivity contribution in [1.29, 1.82) is 0 Å². The highest BCUT2D eigenvalue weighted by Gasteiger charge is 2.24. The van der Waals surface area contributed by atoms with Crippen LogP contribution in [0.2, 0.25) is 0 Å². The highest BCUT2D eigenvalue weighted by Crippen LogP contribution is 2.39. The van der Waals surface area contributed by atoms with Gasteiger partial charge in [-0.3, -0.25) is 4.79 Å². The minimum Gasteiger partial charge on any atom is -0.477 e. The number of rotatable bonds is 3. The molecular formula is C16H15NO3S. The molecule has 1 N–H and O–H groups in total. The summed E-state index contributed by atoms with van der Waals surface area (Å²) in [5.74, 6) is -0.00991. The van der Waals surface area contributed by atoms with Crippen molar-refractivity contribution in [1.82, 2.24) is 4.57 Å². The summed E-state index contributed by atoms with van der Waals surface area (Å²) < 4.78 is 1.58. The van der Waals surface area contributed by atoms with Gasteiger partial charge in [0, 0.05) is 28.8 Å². The van der Waals surface area contributed by atoms with Gasteiger partial charge >= 0.3 is 5.97 Å². The second-order valence-corrected chi connectivity index (χ2v) is 6.22. The molecule has 108 valence electrons. The molecule has 1 aromatic carbocycles. The molecule has 1 unspecified atom stereocenters. The number of fused-ring (bicyclic) bond motifs is 1. The van der Waals surface area contributed by atoms with Gasteiger partial charge in [-0.15, -0.1) is 11.8 Å². The number of thioether (sulfide) groups is 1. The summed E-state index contributed by atoms with van der Waals surface area (Å²) in [6, 6.07) is 11.3. The first-order valence-corrected chi connectivity index (χ1v) is 7.72. The van der Waals surface area contributed by atoms with Crippen molar-refractivity contribution in [2.24, 2.45) is 0 Å². The number of carbonyl (C=O) groups is 1. The average Bonchev–Trinajstić information content (AvgIpc) is 2.86. The van der Waals surface area contributed by atoms with Gasteiger partial charge in [-0.25, -0.2) is 4.79 Å². The second kappa shape index (κ2) is 5.41. The number of aryl methyl sites for hydroxylation is 1. The molecule has 1 aliphatic heterocycles. The SMILES string of the molecule is Cc1ccc(C(=O)O)c(=O)n1CC1CSc2ccccc21. The number of hydrogen-bond donors (Lipinski definition) is 1. The van der Waals surface area contributed by atoms with Crippen molar-refractivity contribution in [2.45, 2.75) is 24.3 Å². The van der Waals surface area contributed by atoms with Crippen molar-refractivity contribution in [3.8, 4) is 0 Å². The minimum atomic E-state index is -1.17. The Hall–Kier alpha value is -2.01. The van der Waals surface area contributed by atoms with Gasteiger partial charge in [0.1, 0.15) is 5.56 Å². The van der Waals surface area contributed by atoms with E-state index in [9.17, 15) is 9.59 Å². The molecule has 5 heteroatoms. The summed E-state index contributed by atoms with van der Waals surface area (Å²) in [6.07, 6.45) is 0. The first kappa shape index (κ1) is 13.9. The molecule has 1 aromatic heterocycles. The maximum absolute atomic E-state index is 12.3. The lowest BCUT2D eigenvalue weighted by Gasteiger charge is -2.16. The number of nitrogens with zero attached hydrogens (tertiary/aromatic N) is 1. The molecule has 0 fully saturated rings. The Morgan fingerprint density at radius 3 is 2.86 bits per heavy atom. The normalized spacial score (nSPS) is 16.7. The lowest BCUT2D eigenvalue weighted by atomic mass is 10.0. The molecule has 2 heterocycles. The molecule has 21 heavy (non-hydrogen) atoms. The largest absolute Gasteiger partial charge is 0.477 e. The molecule has 3 rings (SSSR count). The molecule has 0 bridgehead atoms. The van der Waals surface area contributed by atoms with E-state index in [1.807, 2.05) is 19.1 Å². The maximum atomic E-state index is 12.3. The zero-order valence-corrected chi connectivity index (χ0v) is 12.4. The van der Waals surface area contributed by atoms with Crippen LogP contribution in [0.25, 0.3) is 0 Å². The molecule has 1 atom stereocenters. The van der Waals surface area contributed by atoms with E-state index in [1.54, 1.807) is 22.4 Å². The number of benzene rings is 1. The highest BCUT2D eigenvalue weighted by molar-refractivity contribution is 7.99. The van der Waals surface area contributed by atoms with Gasteiger partial charge < -0.3 is 9.67 Å². The quantitative estimate of drug-likeness (QED) is 0.947. The predicted octanol–water partition coefficient (Wildman–Crippen LogP) is 2.74. The van der Waals surface area contributed by atoms with Gasteiger partial charge in [-0.1, -0.05) is 18.2 Å². The van der Waals surface area contributed by atoms with Gasteiger partial charge in [0.25, 0.3) is 5.56 Å². The molecule has 2 aromatic rings. The van der Waals surface area contributed by atoms with Gasteiger partial charge in [-0.2, -0.15) is 0 Å². The molecule has 4 nitrogen and oxygen atoms in total. The fourth-order valence-corrected chi connectivity index (χ4v) is 3.90. The second-order valence-electron chi connectivity index (χ2n) is 5.16. The standard InChI is InChI=1S/C16H15NO3S/c1-10-6-7-13(16(19)20)15(18)17(10)8-11-9-21-14-5-3-2-4-12(11)14/h2-7,11H,8-9H2,1H3,(H,19,20). The Kier molecular flexibility index (Phi) is 3.59. The Bertz CT molecular complexity index is 766. The van der Waals surface area contributed by atoms with Gasteiger partial charge in [0.05, 0.1) is 0 Å². The van der Waals surface area contributed by atoms with Crippen molar-refractivity contribution < 1.29 is 9.90 Å². The molecule has 0 saturated carbocycles. The van der Waals surface area contributed by atoms with Crippen molar-refractivity contribution >= 4 is 17.7 Å². The monoisotopic (exact) mass is 301 g/mol. The first-order chi connectivity index (χ1) is 10.1. The maximum Gasteiger partial charge on any atom is 0.341 e. The summed E-state index contributed by atoms with van der Waals surface area (Å²) in [5.41, 5.74) is 1.45. The van der Waals surface area contributed by atoms with Gasteiger partial charge in [-0.05, 0) is 30.7 Å². The van der Waals surface area contributed by atoms with Crippen molar-refractivity contribution in [3.05, 3.63) is 63.6 Å². The van der Waals surface area contributed by atoms with E-state index in [-0.39, 0.29) is 11.5 Å². The smallest absolute Gasteiger partial charge is 0.341 e. The zero-order chi connectivity index (χ0) is 15.0. The van der Waals surface area contributed by atoms with Crippen LogP contribution in [-0.4, -0.2) is 21.4 Å². The van der Waals surface area contributed by atoms with Crippen molar-refractivity contribution in [3.63, 3.8) is 0 Å². The average molecular weight is 301 g/mol. The van der Waals surface area contributed by atoms with E-state index in [0.29, 0.717) is 6.54 Å². The Balaban J connectivity index is 1.98. The lowest BCUT2D eigenvalue weighted by molar-refractivity contribution is 0.0694. The Morgan fingerprint density at radius 2 is 2.10 bits per heavy atom. The van der Waals surface area contributed by atoms with E-state index >= 15 is 0 Å². The molecule has 0 saturated heterocycles. The van der Waals surface area contributed by atoms with Crippen molar-refractivity contribution in [2.75, 3.05) is 5.75 Å². The van der Waals surface area contributed by atoms with Crippen LogP contribution in [0.4, 0.5) is 0 Å². The van der Waals surface area contributed by atoms with Gasteiger partial charge in [0.2, 0.25) is 0 Å². The minimum absolute atomic E-state index is 0.167. The van der Waals surface area contributed by atoms with E-state index in [4.69, 9.17) is 5.11 Å². The summed E-state index contributed by atoms with van der Waals surface area (Å²) in [6.45, 7) is 2.36. The summed E-state index contributed by atoms with van der Waals surface area (Å²) in [5, 5.41) is 9.08. The van der Waals surface area contributed by atoms with Crippen LogP contribution >= 0.6 is 11.8 Å². The molecule has 0 radical (unpaired) electrons. The fourth-order valence-electron chi connectivity index (χ4n) is 2.66. The summed E-state index contributed by atoms with van der Waals surface area (Å²) in [7, 11) is 0. The molecule has 0 amide bonds. The highest BCUT2D eigenvalue weighted by atomic mass is 32.2. The number of aromatic carboxylic acids is 1. The number of hydrogen-bond acceptors (Lipinski definition) is 3. The predicted molar refractivity (Wildman–Crippen MR) is 82.3 cm³/mol. The third kappa shape index (κ3) is 2.49. The first-order valence-electron chi connectivity index (χ1n) is 6.73. The molecule has 1 aliphatic rings. The van der Waals surface area contributed by atoms with Crippen LogP contribution in [-0.2, 0) is 6.54 Å². The Labute approximate surface area is 126 Å². The summed E-state index contributed by atoms with van der Waals surface area (Å²) >= 11 is 1.79. The molecule has 0 aliphatic carbocycles. The third-order valence-electron chi connectivity index (χ3n) is 3.82. The van der Waals surface area contributed by atoms with E-state index in [1.165, 1.54) is 16.5 Å². The number of carboxylic acids is 1. The lowest BCUT2D eigenvalue weighted by Crippen LogP contribution is -2.29. The third-order valence-corrected chi connectivity index (χ3v) is 5.08. The van der Waals surface area contributed by atoms with Crippen LogP contribution in [0, 0.1) is 6.92 Å². The molecular weight excluding hydrogens is 286 g/mol. The van der Waals surface area contributed by atoms with Crippen LogP contribution in [0.1, 0.15) is 27.5 Å². The topological polar surface area (TPSA) is 59.3 Å². The van der Waals surface area contributed by atoms with Crippen LogP contribution in [0.3, 0.4) is 0 Å². The van der Waals surface area contributed by atoms with E-state index in [2.05, 4.69) is 12.1 Å². The number of carboxylic acid groups (broad SMARTS) is 1. The van der Waals surface area contributed by atoms with Gasteiger partial charge in [0.15, 0.2) is 0 Å². The number of pyridine rings is 1. The van der Waals surface area contributed by atoms with Crippen LogP contribution in [0.5, 0.6) is 0 Å². The van der Waals surface area contributed by atoms with E-state index < -0.39 is 11.5 Å². The van der Waals surface area contributed by atoms with E-state index in [0.717, 1.165) is 11.4 Å². The molecule has 0 spiro atoms. The number of aromatic nitrogens is 1. The zero-order valence-electron chi connectivity index (χ0n) is 11.6. The fraction of sp³-hybridized carbons (Fsp3) is 0.250. The van der Waals surface area contributed by atoms with Crippen LogP contribution in [0.15, 0.2) is 46.1 Å². The summed E-state index contributed by atoms with van der Waals surface area (Å²) in [4.78, 5) is 24.7. The van der Waals surface area contributed by atoms with Crippen LogP contribution < -0.4 is 5.56 Å².